The number of ketones is 1. The van der Waals surface area contributed by atoms with Crippen LogP contribution in [0.4, 0.5) is 5.69 Å². The Morgan fingerprint density at radius 3 is 2.52 bits per heavy atom. The summed E-state index contributed by atoms with van der Waals surface area (Å²) >= 11 is 0. The summed E-state index contributed by atoms with van der Waals surface area (Å²) in [4.78, 5) is 24.4. The molecule has 0 saturated heterocycles. The molecule has 0 fully saturated rings. The van der Waals surface area contributed by atoms with Gasteiger partial charge in [0.05, 0.1) is 6.42 Å². The molecule has 4 heteroatoms. The molecule has 1 aliphatic rings. The summed E-state index contributed by atoms with van der Waals surface area (Å²) in [5.41, 5.74) is 0.760. The third kappa shape index (κ3) is 2.23. The second kappa shape index (κ2) is 4.82. The van der Waals surface area contributed by atoms with Crippen LogP contribution < -0.4 is 5.32 Å². The number of nitrogens with one attached hydrogen (secondary N) is 1. The van der Waals surface area contributed by atoms with E-state index in [0.29, 0.717) is 16.8 Å². The molecule has 1 atom stereocenters. The lowest BCUT2D eigenvalue weighted by Gasteiger charge is -2.19. The molecule has 0 spiro atoms. The Kier molecular flexibility index (Phi) is 3.11. The Labute approximate surface area is 122 Å². The topological polar surface area (TPSA) is 66.4 Å². The number of amides is 1. The summed E-state index contributed by atoms with van der Waals surface area (Å²) in [6.45, 7) is 1.93. The number of carbonyl (C=O) groups excluding carboxylic acids is 2. The molecule has 2 N–H and O–H groups in total. The maximum Gasteiger partial charge on any atom is 0.261 e. The van der Waals surface area contributed by atoms with Gasteiger partial charge in [0.25, 0.3) is 5.91 Å². The van der Waals surface area contributed by atoms with Crippen molar-refractivity contribution in [2.75, 3.05) is 5.32 Å². The summed E-state index contributed by atoms with van der Waals surface area (Å²) in [6.07, 6.45) is -0.265. The molecule has 0 radical (unpaired) electrons. The molecule has 0 aliphatic carbocycles. The predicted molar refractivity (Wildman–Crippen MR) is 79.1 cm³/mol. The fraction of sp³-hybridized carbons (Fsp3) is 0.176. The summed E-state index contributed by atoms with van der Waals surface area (Å²) in [6, 6.07) is 14.0. The lowest BCUT2D eigenvalue weighted by Crippen LogP contribution is -2.36. The molecule has 4 nitrogen and oxygen atoms in total. The van der Waals surface area contributed by atoms with Gasteiger partial charge in [-0.05, 0) is 13.0 Å². The van der Waals surface area contributed by atoms with E-state index in [-0.39, 0.29) is 12.2 Å². The minimum absolute atomic E-state index is 0.260. The van der Waals surface area contributed by atoms with Crippen LogP contribution in [0.15, 0.2) is 48.5 Å². The zero-order chi connectivity index (χ0) is 15.0. The molecule has 1 heterocycles. The molecule has 2 aromatic rings. The van der Waals surface area contributed by atoms with E-state index in [0.717, 1.165) is 5.56 Å². The van der Waals surface area contributed by atoms with Crippen LogP contribution in [-0.4, -0.2) is 16.8 Å². The Bertz CT molecular complexity index is 721. The number of fused-ring (bicyclic) bond motifs is 1. The molecule has 21 heavy (non-hydrogen) atoms. The first kappa shape index (κ1) is 13.5. The van der Waals surface area contributed by atoms with E-state index in [1.807, 2.05) is 19.1 Å². The van der Waals surface area contributed by atoms with Crippen LogP contribution in [-0.2, 0) is 10.4 Å². The van der Waals surface area contributed by atoms with Gasteiger partial charge in [-0.25, -0.2) is 0 Å². The molecule has 0 unspecified atom stereocenters. The molecular weight excluding hydrogens is 266 g/mol. The average Bonchev–Trinajstić information content (AvgIpc) is 2.71. The number of carbonyl (C=O) groups is 2. The van der Waals surface area contributed by atoms with Crippen molar-refractivity contribution in [3.8, 4) is 0 Å². The van der Waals surface area contributed by atoms with Crippen LogP contribution in [0.5, 0.6) is 0 Å². The third-order valence-electron chi connectivity index (χ3n) is 3.79. The maximum absolute atomic E-state index is 12.3. The van der Waals surface area contributed by atoms with Crippen molar-refractivity contribution in [2.24, 2.45) is 0 Å². The largest absolute Gasteiger partial charge is 0.375 e. The average molecular weight is 281 g/mol. The molecule has 0 saturated carbocycles. The van der Waals surface area contributed by atoms with Gasteiger partial charge in [-0.15, -0.1) is 0 Å². The first-order valence-electron chi connectivity index (χ1n) is 6.74. The molecule has 1 amide bonds. The van der Waals surface area contributed by atoms with Crippen LogP contribution in [0.3, 0.4) is 0 Å². The van der Waals surface area contributed by atoms with Crippen molar-refractivity contribution in [3.63, 3.8) is 0 Å². The minimum atomic E-state index is -1.79. The van der Waals surface area contributed by atoms with Gasteiger partial charge in [-0.1, -0.05) is 48.0 Å². The zero-order valence-electron chi connectivity index (χ0n) is 11.6. The van der Waals surface area contributed by atoms with E-state index in [1.54, 1.807) is 36.4 Å². The maximum atomic E-state index is 12.3. The van der Waals surface area contributed by atoms with Crippen LogP contribution >= 0.6 is 0 Å². The zero-order valence-corrected chi connectivity index (χ0v) is 11.6. The van der Waals surface area contributed by atoms with Gasteiger partial charge in [-0.3, -0.25) is 9.59 Å². The molecule has 0 bridgehead atoms. The normalized spacial score (nSPS) is 20.0. The standard InChI is InChI=1S/C17H15NO3/c1-11-6-8-12(9-7-11)15(19)10-17(21)13-4-2-3-5-14(13)18-16(17)20/h2-9,21H,10H2,1H3,(H,18,20)/t17-/m0/s1. The highest BCUT2D eigenvalue weighted by molar-refractivity contribution is 6.09. The van der Waals surface area contributed by atoms with E-state index in [9.17, 15) is 14.7 Å². The number of benzene rings is 2. The molecule has 2 aromatic carbocycles. The SMILES string of the molecule is Cc1ccc(C(=O)C[C@@]2(O)C(=O)Nc3ccccc32)cc1. The smallest absolute Gasteiger partial charge is 0.261 e. The minimum Gasteiger partial charge on any atom is -0.375 e. The van der Waals surface area contributed by atoms with E-state index < -0.39 is 11.5 Å². The van der Waals surface area contributed by atoms with E-state index in [1.165, 1.54) is 0 Å². The van der Waals surface area contributed by atoms with Gasteiger partial charge < -0.3 is 10.4 Å². The van der Waals surface area contributed by atoms with Crippen LogP contribution in [0.2, 0.25) is 0 Å². The van der Waals surface area contributed by atoms with Gasteiger partial charge in [0, 0.05) is 16.8 Å². The third-order valence-corrected chi connectivity index (χ3v) is 3.79. The lowest BCUT2D eigenvalue weighted by atomic mass is 9.88. The summed E-state index contributed by atoms with van der Waals surface area (Å²) in [5.74, 6) is -0.812. The van der Waals surface area contributed by atoms with E-state index in [2.05, 4.69) is 5.32 Å². The fourth-order valence-electron chi connectivity index (χ4n) is 2.55. The summed E-state index contributed by atoms with van der Waals surface area (Å²) in [5, 5.41) is 13.3. The van der Waals surface area contributed by atoms with Gasteiger partial charge in [-0.2, -0.15) is 0 Å². The first-order valence-corrected chi connectivity index (χ1v) is 6.74. The number of aliphatic hydroxyl groups is 1. The molecule has 1 aliphatic heterocycles. The van der Waals surface area contributed by atoms with Gasteiger partial charge >= 0.3 is 0 Å². The lowest BCUT2D eigenvalue weighted by molar-refractivity contribution is -0.133. The Balaban J connectivity index is 1.92. The van der Waals surface area contributed by atoms with Crippen molar-refractivity contribution in [1.29, 1.82) is 0 Å². The van der Waals surface area contributed by atoms with Crippen molar-refractivity contribution in [2.45, 2.75) is 18.9 Å². The summed E-state index contributed by atoms with van der Waals surface area (Å²) in [7, 11) is 0. The van der Waals surface area contributed by atoms with Crippen molar-refractivity contribution < 1.29 is 14.7 Å². The van der Waals surface area contributed by atoms with Gasteiger partial charge in [0.1, 0.15) is 0 Å². The predicted octanol–water partition coefficient (Wildman–Crippen LogP) is 2.41. The van der Waals surface area contributed by atoms with Gasteiger partial charge in [0.2, 0.25) is 0 Å². The highest BCUT2D eigenvalue weighted by Gasteiger charge is 2.46. The quantitative estimate of drug-likeness (QED) is 0.849. The van der Waals surface area contributed by atoms with Crippen molar-refractivity contribution >= 4 is 17.4 Å². The van der Waals surface area contributed by atoms with Crippen LogP contribution in [0.25, 0.3) is 0 Å². The van der Waals surface area contributed by atoms with Crippen LogP contribution in [0, 0.1) is 6.92 Å². The molecular formula is C17H15NO3. The first-order chi connectivity index (χ1) is 10.0. The second-order valence-electron chi connectivity index (χ2n) is 5.33. The van der Waals surface area contributed by atoms with Crippen LogP contribution in [0.1, 0.15) is 27.9 Å². The summed E-state index contributed by atoms with van der Waals surface area (Å²) < 4.78 is 0. The fourth-order valence-corrected chi connectivity index (χ4v) is 2.55. The highest BCUT2D eigenvalue weighted by Crippen LogP contribution is 2.38. The van der Waals surface area contributed by atoms with Crippen molar-refractivity contribution in [3.05, 3.63) is 65.2 Å². The number of anilines is 1. The molecule has 106 valence electrons. The highest BCUT2D eigenvalue weighted by atomic mass is 16.3. The number of para-hydroxylation sites is 1. The Morgan fingerprint density at radius 2 is 1.81 bits per heavy atom. The number of rotatable bonds is 3. The number of hydrogen-bond acceptors (Lipinski definition) is 3. The number of aryl methyl sites for hydroxylation is 1. The molecule has 3 rings (SSSR count). The molecule has 0 aromatic heterocycles. The Hall–Kier alpha value is -2.46. The van der Waals surface area contributed by atoms with E-state index >= 15 is 0 Å². The monoisotopic (exact) mass is 281 g/mol. The number of hydrogen-bond donors (Lipinski definition) is 2. The van der Waals surface area contributed by atoms with Gasteiger partial charge in [0.15, 0.2) is 11.4 Å². The van der Waals surface area contributed by atoms with E-state index in [4.69, 9.17) is 0 Å². The Morgan fingerprint density at radius 1 is 1.14 bits per heavy atom. The number of Topliss-reactive ketones (excluding diaryl/α,β-unsaturated/α-hetero) is 1. The second-order valence-corrected chi connectivity index (χ2v) is 5.33. The van der Waals surface area contributed by atoms with Crippen molar-refractivity contribution in [1.82, 2.24) is 0 Å².